The predicted octanol–water partition coefficient (Wildman–Crippen LogP) is 3.23. The van der Waals surface area contributed by atoms with Crippen LogP contribution in [0.1, 0.15) is 29.8 Å². The first kappa shape index (κ1) is 18.8. The molecule has 0 aliphatic carbocycles. The third kappa shape index (κ3) is 3.60. The third-order valence-corrected chi connectivity index (χ3v) is 4.70. The number of hydrogen-bond acceptors (Lipinski definition) is 5. The second-order valence-corrected chi connectivity index (χ2v) is 6.50. The highest BCUT2D eigenvalue weighted by Crippen LogP contribution is 2.33. The van der Waals surface area contributed by atoms with E-state index in [4.69, 9.17) is 14.2 Å². The lowest BCUT2D eigenvalue weighted by atomic mass is 10.1. The van der Waals surface area contributed by atoms with E-state index >= 15 is 0 Å². The molecule has 0 fully saturated rings. The summed E-state index contributed by atoms with van der Waals surface area (Å²) >= 11 is 0. The van der Waals surface area contributed by atoms with Crippen LogP contribution in [0.4, 0.5) is 5.69 Å². The van der Waals surface area contributed by atoms with Gasteiger partial charge in [-0.05, 0) is 50.1 Å². The Morgan fingerprint density at radius 2 is 1.85 bits per heavy atom. The maximum Gasteiger partial charge on any atom is 0.342 e. The predicted molar refractivity (Wildman–Crippen MR) is 102 cm³/mol. The molecule has 3 rings (SSSR count). The Morgan fingerprint density at radius 1 is 1.11 bits per heavy atom. The lowest BCUT2D eigenvalue weighted by Crippen LogP contribution is -2.43. The normalized spacial score (nSPS) is 16.4. The van der Waals surface area contributed by atoms with Crippen molar-refractivity contribution in [3.8, 4) is 11.5 Å². The molecule has 1 heterocycles. The van der Waals surface area contributed by atoms with Crippen molar-refractivity contribution in [2.45, 2.75) is 32.4 Å². The molecule has 1 aliphatic rings. The first-order chi connectivity index (χ1) is 13.0. The molecule has 0 aromatic heterocycles. The van der Waals surface area contributed by atoms with E-state index in [0.29, 0.717) is 11.5 Å². The van der Waals surface area contributed by atoms with Gasteiger partial charge < -0.3 is 19.1 Å². The molecule has 0 unspecified atom stereocenters. The van der Waals surface area contributed by atoms with E-state index in [2.05, 4.69) is 0 Å². The van der Waals surface area contributed by atoms with Crippen LogP contribution >= 0.6 is 0 Å². The number of anilines is 1. The van der Waals surface area contributed by atoms with E-state index < -0.39 is 12.1 Å². The topological polar surface area (TPSA) is 65.1 Å². The first-order valence-electron chi connectivity index (χ1n) is 8.80. The smallest absolute Gasteiger partial charge is 0.342 e. The van der Waals surface area contributed by atoms with Crippen LogP contribution in [0.2, 0.25) is 0 Å². The number of carbonyl (C=O) groups excluding carboxylic acids is 2. The molecule has 2 aromatic carbocycles. The van der Waals surface area contributed by atoms with Crippen molar-refractivity contribution in [1.82, 2.24) is 0 Å². The lowest BCUT2D eigenvalue weighted by Gasteiger charge is -2.26. The van der Waals surface area contributed by atoms with E-state index in [-0.39, 0.29) is 17.5 Å². The molecule has 6 heteroatoms. The van der Waals surface area contributed by atoms with Gasteiger partial charge in [0.05, 0.1) is 14.2 Å². The van der Waals surface area contributed by atoms with Gasteiger partial charge >= 0.3 is 5.97 Å². The maximum atomic E-state index is 13.0. The van der Waals surface area contributed by atoms with Crippen molar-refractivity contribution in [1.29, 1.82) is 0 Å². The third-order valence-electron chi connectivity index (χ3n) is 4.70. The second-order valence-electron chi connectivity index (χ2n) is 6.50. The number of amides is 1. The molecule has 6 nitrogen and oxygen atoms in total. The van der Waals surface area contributed by atoms with E-state index in [1.807, 2.05) is 31.2 Å². The van der Waals surface area contributed by atoms with E-state index in [9.17, 15) is 9.59 Å². The quantitative estimate of drug-likeness (QED) is 0.757. The monoisotopic (exact) mass is 369 g/mol. The van der Waals surface area contributed by atoms with Gasteiger partial charge in [-0.3, -0.25) is 4.79 Å². The molecule has 2 atom stereocenters. The van der Waals surface area contributed by atoms with Crippen molar-refractivity contribution >= 4 is 17.6 Å². The van der Waals surface area contributed by atoms with Gasteiger partial charge in [0.2, 0.25) is 0 Å². The molecule has 2 aromatic rings. The van der Waals surface area contributed by atoms with Crippen LogP contribution in [0.3, 0.4) is 0 Å². The molecule has 27 heavy (non-hydrogen) atoms. The summed E-state index contributed by atoms with van der Waals surface area (Å²) in [6, 6.07) is 12.6. The van der Waals surface area contributed by atoms with Gasteiger partial charge in [-0.2, -0.15) is 0 Å². The minimum absolute atomic E-state index is 0.0161. The number of methoxy groups -OCH3 is 2. The van der Waals surface area contributed by atoms with Gasteiger partial charge in [-0.1, -0.05) is 18.2 Å². The van der Waals surface area contributed by atoms with Crippen LogP contribution in [0, 0.1) is 0 Å². The Labute approximate surface area is 158 Å². The molecule has 0 radical (unpaired) electrons. The highest BCUT2D eigenvalue weighted by Gasteiger charge is 2.34. The number of fused-ring (bicyclic) bond motifs is 1. The number of esters is 1. The zero-order valence-electron chi connectivity index (χ0n) is 15.9. The van der Waals surface area contributed by atoms with Crippen LogP contribution in [0.5, 0.6) is 11.5 Å². The molecule has 0 bridgehead atoms. The summed E-state index contributed by atoms with van der Waals surface area (Å²) in [7, 11) is 2.98. The van der Waals surface area contributed by atoms with Crippen molar-refractivity contribution < 1.29 is 23.8 Å². The number of benzene rings is 2. The first-order valence-corrected chi connectivity index (χ1v) is 8.80. The Kier molecular flexibility index (Phi) is 5.35. The number of carbonyl (C=O) groups is 2. The van der Waals surface area contributed by atoms with Gasteiger partial charge in [0, 0.05) is 11.7 Å². The minimum atomic E-state index is -0.929. The molecule has 0 N–H and O–H groups in total. The van der Waals surface area contributed by atoms with E-state index in [1.165, 1.54) is 20.3 Å². The molecular weight excluding hydrogens is 346 g/mol. The summed E-state index contributed by atoms with van der Waals surface area (Å²) in [6.45, 7) is 3.57. The largest absolute Gasteiger partial charge is 0.497 e. The molecule has 0 saturated heterocycles. The minimum Gasteiger partial charge on any atom is -0.497 e. The zero-order chi connectivity index (χ0) is 19.6. The second kappa shape index (κ2) is 7.70. The van der Waals surface area contributed by atoms with Gasteiger partial charge in [0.1, 0.15) is 17.1 Å². The Morgan fingerprint density at radius 3 is 2.56 bits per heavy atom. The standard InChI is InChI=1S/C21H23NO5/c1-13-11-15-7-5-6-8-18(15)22(13)20(23)14(2)27-21(24)17-12-16(25-3)9-10-19(17)26-4/h5-10,12-14H,11H2,1-4H3/t13-,14-/m0/s1. The highest BCUT2D eigenvalue weighted by atomic mass is 16.5. The summed E-state index contributed by atoms with van der Waals surface area (Å²) in [5.41, 5.74) is 2.20. The van der Waals surface area contributed by atoms with Gasteiger partial charge in [-0.25, -0.2) is 4.79 Å². The fourth-order valence-electron chi connectivity index (χ4n) is 3.35. The summed E-state index contributed by atoms with van der Waals surface area (Å²) in [5, 5.41) is 0. The van der Waals surface area contributed by atoms with Crippen LogP contribution in [0.25, 0.3) is 0 Å². The van der Waals surface area contributed by atoms with E-state index in [0.717, 1.165) is 17.7 Å². The molecule has 0 spiro atoms. The molecule has 142 valence electrons. The summed E-state index contributed by atoms with van der Waals surface area (Å²) in [5.74, 6) is -0.0152. The van der Waals surface area contributed by atoms with Crippen LogP contribution in [0.15, 0.2) is 42.5 Å². The average Bonchev–Trinajstić information content (AvgIpc) is 3.02. The lowest BCUT2D eigenvalue weighted by molar-refractivity contribution is -0.126. The Hall–Kier alpha value is -3.02. The fraction of sp³-hybridized carbons (Fsp3) is 0.333. The van der Waals surface area contributed by atoms with Gasteiger partial charge in [0.15, 0.2) is 6.10 Å². The summed E-state index contributed by atoms with van der Waals surface area (Å²) in [6.07, 6.45) is -0.145. The molecule has 0 saturated carbocycles. The average molecular weight is 369 g/mol. The zero-order valence-corrected chi connectivity index (χ0v) is 15.9. The molecule has 1 amide bonds. The number of hydrogen-bond donors (Lipinski definition) is 0. The number of rotatable bonds is 5. The fourth-order valence-corrected chi connectivity index (χ4v) is 3.35. The summed E-state index contributed by atoms with van der Waals surface area (Å²) < 4.78 is 15.8. The van der Waals surface area contributed by atoms with Crippen molar-refractivity contribution in [3.63, 3.8) is 0 Å². The van der Waals surface area contributed by atoms with Crippen LogP contribution in [-0.4, -0.2) is 38.2 Å². The number of ether oxygens (including phenoxy) is 3. The highest BCUT2D eigenvalue weighted by molar-refractivity contribution is 6.01. The maximum absolute atomic E-state index is 13.0. The van der Waals surface area contributed by atoms with Gasteiger partial charge in [-0.15, -0.1) is 0 Å². The van der Waals surface area contributed by atoms with Crippen molar-refractivity contribution in [3.05, 3.63) is 53.6 Å². The number of para-hydroxylation sites is 1. The van der Waals surface area contributed by atoms with Gasteiger partial charge in [0.25, 0.3) is 5.91 Å². The van der Waals surface area contributed by atoms with Crippen molar-refractivity contribution in [2.24, 2.45) is 0 Å². The van der Waals surface area contributed by atoms with Crippen LogP contribution in [-0.2, 0) is 16.0 Å². The van der Waals surface area contributed by atoms with Crippen LogP contribution < -0.4 is 14.4 Å². The molecular formula is C21H23NO5. The van der Waals surface area contributed by atoms with Crippen molar-refractivity contribution in [2.75, 3.05) is 19.1 Å². The van der Waals surface area contributed by atoms with E-state index in [1.54, 1.807) is 24.0 Å². The summed E-state index contributed by atoms with van der Waals surface area (Å²) in [4.78, 5) is 27.3. The molecule has 1 aliphatic heterocycles. The Balaban J connectivity index is 1.78. The number of nitrogens with zero attached hydrogens (tertiary/aromatic N) is 1. The SMILES string of the molecule is COc1ccc(OC)c(C(=O)O[C@@H](C)C(=O)N2c3ccccc3C[C@@H]2C)c1. The Bertz CT molecular complexity index is 863.